The standard InChI is InChI=1S/C11H13I3N2O/c1-2-6(11(16)17)10(15)9-7(13)3-5(12)4-8(9)14/h3-4,6,10H,2,15H2,1H3,(H2,16,17). The molecule has 0 spiro atoms. The Bertz CT molecular complexity index is 414. The number of amides is 1. The molecule has 0 saturated carbocycles. The number of hydrogen-bond acceptors (Lipinski definition) is 2. The summed E-state index contributed by atoms with van der Waals surface area (Å²) >= 11 is 6.79. The van der Waals surface area contributed by atoms with Gasteiger partial charge in [0.05, 0.1) is 5.92 Å². The molecule has 6 heteroatoms. The second-order valence-electron chi connectivity index (χ2n) is 3.73. The highest BCUT2D eigenvalue weighted by Gasteiger charge is 2.26. The molecule has 3 nitrogen and oxygen atoms in total. The van der Waals surface area contributed by atoms with Crippen molar-refractivity contribution in [3.05, 3.63) is 28.4 Å². The van der Waals surface area contributed by atoms with E-state index in [1.165, 1.54) is 3.57 Å². The van der Waals surface area contributed by atoms with Gasteiger partial charge in [-0.15, -0.1) is 0 Å². The van der Waals surface area contributed by atoms with Crippen LogP contribution >= 0.6 is 67.8 Å². The molecule has 0 radical (unpaired) electrons. The van der Waals surface area contributed by atoms with Gasteiger partial charge in [0.1, 0.15) is 0 Å². The van der Waals surface area contributed by atoms with Gasteiger partial charge >= 0.3 is 0 Å². The van der Waals surface area contributed by atoms with Crippen LogP contribution in [0.4, 0.5) is 0 Å². The molecule has 0 heterocycles. The van der Waals surface area contributed by atoms with Crippen LogP contribution in [0.15, 0.2) is 12.1 Å². The van der Waals surface area contributed by atoms with Crippen molar-refractivity contribution in [2.75, 3.05) is 0 Å². The molecular formula is C11H13I3N2O. The summed E-state index contributed by atoms with van der Waals surface area (Å²) in [5.74, 6) is -0.637. The third kappa shape index (κ3) is 3.90. The fraction of sp³-hybridized carbons (Fsp3) is 0.364. The zero-order valence-electron chi connectivity index (χ0n) is 9.21. The highest BCUT2D eigenvalue weighted by atomic mass is 127. The SMILES string of the molecule is CCC(C(N)=O)C(N)c1c(I)cc(I)cc1I. The topological polar surface area (TPSA) is 69.1 Å². The van der Waals surface area contributed by atoms with Crippen molar-refractivity contribution < 1.29 is 4.79 Å². The number of halogens is 3. The first-order chi connectivity index (χ1) is 7.88. The Kier molecular flexibility index (Phi) is 6.40. The van der Waals surface area contributed by atoms with Crippen molar-refractivity contribution in [3.8, 4) is 0 Å². The largest absolute Gasteiger partial charge is 0.369 e. The van der Waals surface area contributed by atoms with E-state index in [0.717, 1.165) is 12.7 Å². The van der Waals surface area contributed by atoms with Crippen LogP contribution in [-0.4, -0.2) is 5.91 Å². The maximum atomic E-state index is 11.4. The lowest BCUT2D eigenvalue weighted by molar-refractivity contribution is -0.122. The lowest BCUT2D eigenvalue weighted by Crippen LogP contribution is -2.33. The van der Waals surface area contributed by atoms with E-state index in [9.17, 15) is 4.79 Å². The van der Waals surface area contributed by atoms with Crippen LogP contribution in [0.3, 0.4) is 0 Å². The third-order valence-electron chi connectivity index (χ3n) is 2.62. The first kappa shape index (κ1) is 15.9. The molecule has 4 N–H and O–H groups in total. The zero-order chi connectivity index (χ0) is 13.2. The third-order valence-corrected chi connectivity index (χ3v) is 5.02. The van der Waals surface area contributed by atoms with E-state index < -0.39 is 0 Å². The van der Waals surface area contributed by atoms with Crippen molar-refractivity contribution >= 4 is 73.7 Å². The van der Waals surface area contributed by atoms with Crippen molar-refractivity contribution in [1.82, 2.24) is 0 Å². The normalized spacial score (nSPS) is 14.4. The Balaban J connectivity index is 3.20. The molecule has 1 amide bonds. The predicted octanol–water partition coefficient (Wildman–Crippen LogP) is 3.01. The van der Waals surface area contributed by atoms with Gasteiger partial charge in [-0.1, -0.05) is 6.92 Å². The minimum Gasteiger partial charge on any atom is -0.369 e. The van der Waals surface area contributed by atoms with Crippen molar-refractivity contribution in [2.45, 2.75) is 19.4 Å². The molecular weight excluding hydrogens is 557 g/mol. The fourth-order valence-corrected chi connectivity index (χ4v) is 6.01. The van der Waals surface area contributed by atoms with E-state index in [0.29, 0.717) is 6.42 Å². The summed E-state index contributed by atoms with van der Waals surface area (Å²) < 4.78 is 3.34. The number of carbonyl (C=O) groups is 1. The van der Waals surface area contributed by atoms with Crippen molar-refractivity contribution in [1.29, 1.82) is 0 Å². The summed E-state index contributed by atoms with van der Waals surface area (Å²) in [6, 6.07) is 3.80. The molecule has 1 aromatic carbocycles. The van der Waals surface area contributed by atoms with E-state index in [1.54, 1.807) is 0 Å². The van der Waals surface area contributed by atoms with E-state index in [1.807, 2.05) is 6.92 Å². The number of hydrogen-bond donors (Lipinski definition) is 2. The maximum Gasteiger partial charge on any atom is 0.222 e. The predicted molar refractivity (Wildman–Crippen MR) is 94.5 cm³/mol. The van der Waals surface area contributed by atoms with E-state index in [4.69, 9.17) is 11.5 Å². The summed E-state index contributed by atoms with van der Waals surface area (Å²) in [5, 5.41) is 0. The maximum absolute atomic E-state index is 11.4. The lowest BCUT2D eigenvalue weighted by Gasteiger charge is -2.22. The van der Waals surface area contributed by atoms with Crippen molar-refractivity contribution in [3.63, 3.8) is 0 Å². The minimum absolute atomic E-state index is 0.308. The van der Waals surface area contributed by atoms with E-state index in [-0.39, 0.29) is 17.9 Å². The van der Waals surface area contributed by atoms with Crippen LogP contribution in [-0.2, 0) is 4.79 Å². The monoisotopic (exact) mass is 570 g/mol. The summed E-state index contributed by atoms with van der Waals surface area (Å²) in [5.41, 5.74) is 12.6. The quantitative estimate of drug-likeness (QED) is 0.548. The minimum atomic E-state index is -0.329. The Morgan fingerprint density at radius 3 is 2.12 bits per heavy atom. The molecule has 94 valence electrons. The van der Waals surface area contributed by atoms with Gasteiger partial charge in [-0.2, -0.15) is 0 Å². The van der Waals surface area contributed by atoms with Crippen LogP contribution in [0.2, 0.25) is 0 Å². The van der Waals surface area contributed by atoms with Gasteiger partial charge in [-0.05, 0) is 91.9 Å². The second kappa shape index (κ2) is 6.85. The number of carbonyl (C=O) groups excluding carboxylic acids is 1. The molecule has 0 fully saturated rings. The molecule has 0 aliphatic rings. The second-order valence-corrected chi connectivity index (χ2v) is 7.30. The summed E-state index contributed by atoms with van der Waals surface area (Å²) in [6.07, 6.45) is 0.661. The lowest BCUT2D eigenvalue weighted by atomic mass is 9.91. The van der Waals surface area contributed by atoms with E-state index >= 15 is 0 Å². The average Bonchev–Trinajstić information content (AvgIpc) is 2.15. The molecule has 0 bridgehead atoms. The van der Waals surface area contributed by atoms with E-state index in [2.05, 4.69) is 79.9 Å². The molecule has 2 unspecified atom stereocenters. The smallest absolute Gasteiger partial charge is 0.222 e. The van der Waals surface area contributed by atoms with Crippen LogP contribution in [0, 0.1) is 16.6 Å². The van der Waals surface area contributed by atoms with Crippen LogP contribution < -0.4 is 11.5 Å². The van der Waals surface area contributed by atoms with Gasteiger partial charge in [0.15, 0.2) is 0 Å². The first-order valence-electron chi connectivity index (χ1n) is 5.07. The molecule has 0 aromatic heterocycles. The Morgan fingerprint density at radius 1 is 1.29 bits per heavy atom. The number of nitrogens with two attached hydrogens (primary N) is 2. The van der Waals surface area contributed by atoms with Gasteiger partial charge in [0.2, 0.25) is 5.91 Å². The van der Waals surface area contributed by atoms with Gasteiger partial charge in [-0.3, -0.25) is 4.79 Å². The molecule has 0 aliphatic heterocycles. The van der Waals surface area contributed by atoms with Gasteiger partial charge < -0.3 is 11.5 Å². The Labute approximate surface area is 142 Å². The van der Waals surface area contributed by atoms with Gasteiger partial charge in [-0.25, -0.2) is 0 Å². The summed E-state index contributed by atoms with van der Waals surface area (Å²) in [6.45, 7) is 1.93. The highest BCUT2D eigenvalue weighted by molar-refractivity contribution is 14.1. The van der Waals surface area contributed by atoms with Gasteiger partial charge in [0.25, 0.3) is 0 Å². The Hall–Kier alpha value is 0.840. The van der Waals surface area contributed by atoms with Crippen LogP contribution in [0.25, 0.3) is 0 Å². The zero-order valence-corrected chi connectivity index (χ0v) is 15.7. The number of benzene rings is 1. The molecule has 2 atom stereocenters. The number of primary amides is 1. The fourth-order valence-electron chi connectivity index (χ4n) is 1.71. The highest BCUT2D eigenvalue weighted by Crippen LogP contribution is 2.31. The molecule has 17 heavy (non-hydrogen) atoms. The number of rotatable bonds is 4. The van der Waals surface area contributed by atoms with Crippen LogP contribution in [0.1, 0.15) is 24.9 Å². The molecule has 1 aromatic rings. The average molecular weight is 570 g/mol. The van der Waals surface area contributed by atoms with Crippen LogP contribution in [0.5, 0.6) is 0 Å². The van der Waals surface area contributed by atoms with Gasteiger partial charge in [0, 0.05) is 16.8 Å². The summed E-state index contributed by atoms with van der Waals surface area (Å²) in [7, 11) is 0. The molecule has 1 rings (SSSR count). The Morgan fingerprint density at radius 2 is 1.76 bits per heavy atom. The first-order valence-corrected chi connectivity index (χ1v) is 8.31. The molecule has 0 aliphatic carbocycles. The van der Waals surface area contributed by atoms with Crippen molar-refractivity contribution in [2.24, 2.45) is 17.4 Å². The molecule has 0 saturated heterocycles. The summed E-state index contributed by atoms with van der Waals surface area (Å²) in [4.78, 5) is 11.4.